The van der Waals surface area contributed by atoms with Crippen molar-refractivity contribution in [3.8, 4) is 5.75 Å². The largest absolute Gasteiger partial charge is 0.490 e. The molecule has 3 atom stereocenters. The first-order valence-corrected chi connectivity index (χ1v) is 10.9. The Morgan fingerprint density at radius 3 is 2.15 bits per heavy atom. The number of pyridine rings is 1. The first kappa shape index (κ1) is 23.4. The van der Waals surface area contributed by atoms with Gasteiger partial charge in [0.1, 0.15) is 17.7 Å². The summed E-state index contributed by atoms with van der Waals surface area (Å²) in [5, 5.41) is 0. The topological polar surface area (TPSA) is 25.4 Å². The molecule has 0 N–H and O–H groups in total. The van der Waals surface area contributed by atoms with Gasteiger partial charge in [-0.1, -0.05) is 19.1 Å². The van der Waals surface area contributed by atoms with Crippen LogP contribution < -0.4 is 9.64 Å². The van der Waals surface area contributed by atoms with E-state index in [4.69, 9.17) is 4.74 Å². The number of hydrogen-bond acceptors (Lipinski definition) is 3. The molecule has 0 saturated carbocycles. The van der Waals surface area contributed by atoms with E-state index in [0.717, 1.165) is 37.2 Å². The van der Waals surface area contributed by atoms with Gasteiger partial charge in [0.25, 0.3) is 0 Å². The summed E-state index contributed by atoms with van der Waals surface area (Å²) in [5.41, 5.74) is -1.13. The molecule has 2 saturated heterocycles. The lowest BCUT2D eigenvalue weighted by Crippen LogP contribution is -2.46. The molecule has 33 heavy (non-hydrogen) atoms. The highest BCUT2D eigenvalue weighted by Gasteiger charge is 2.43. The second-order valence-corrected chi connectivity index (χ2v) is 8.47. The Bertz CT molecular complexity index is 985. The van der Waals surface area contributed by atoms with Crippen LogP contribution in [0.4, 0.5) is 32.2 Å². The Labute approximate surface area is 188 Å². The van der Waals surface area contributed by atoms with Crippen molar-refractivity contribution < 1.29 is 31.1 Å². The first-order chi connectivity index (χ1) is 15.6. The minimum Gasteiger partial charge on any atom is -0.490 e. The number of allylic oxidation sites excluding steroid dienone is 1. The summed E-state index contributed by atoms with van der Waals surface area (Å²) in [5.74, 6) is 0.910. The molecule has 9 heteroatoms. The van der Waals surface area contributed by atoms with E-state index in [0.29, 0.717) is 36.4 Å². The number of hydrogen-bond donors (Lipinski definition) is 0. The maximum Gasteiger partial charge on any atom is 0.417 e. The zero-order chi connectivity index (χ0) is 23.8. The fraction of sp³-hybridized carbons (Fsp3) is 0.458. The highest BCUT2D eigenvalue weighted by atomic mass is 19.4. The Morgan fingerprint density at radius 1 is 0.970 bits per heavy atom. The summed E-state index contributed by atoms with van der Waals surface area (Å²) in [6, 6.07) is 6.04. The van der Waals surface area contributed by atoms with E-state index in [2.05, 4.69) is 9.88 Å². The smallest absolute Gasteiger partial charge is 0.417 e. The van der Waals surface area contributed by atoms with Crippen LogP contribution in [0.5, 0.6) is 5.75 Å². The normalized spacial score (nSPS) is 23.4. The van der Waals surface area contributed by atoms with E-state index in [1.807, 2.05) is 6.92 Å². The van der Waals surface area contributed by atoms with Crippen molar-refractivity contribution in [2.24, 2.45) is 0 Å². The second-order valence-electron chi connectivity index (χ2n) is 8.47. The van der Waals surface area contributed by atoms with Gasteiger partial charge >= 0.3 is 12.4 Å². The minimum atomic E-state index is -4.44. The monoisotopic (exact) mass is 470 g/mol. The van der Waals surface area contributed by atoms with Gasteiger partial charge < -0.3 is 9.64 Å². The van der Waals surface area contributed by atoms with Crippen LogP contribution in [0, 0.1) is 0 Å². The van der Waals surface area contributed by atoms with Crippen LogP contribution in [0.1, 0.15) is 55.7 Å². The fourth-order valence-corrected chi connectivity index (χ4v) is 4.69. The first-order valence-electron chi connectivity index (χ1n) is 10.9. The molecule has 3 nitrogen and oxygen atoms in total. The van der Waals surface area contributed by atoms with Gasteiger partial charge in [0.05, 0.1) is 11.1 Å². The van der Waals surface area contributed by atoms with Crippen molar-refractivity contribution in [2.75, 3.05) is 4.90 Å². The molecule has 0 aliphatic carbocycles. The van der Waals surface area contributed by atoms with Gasteiger partial charge in [-0.3, -0.25) is 0 Å². The van der Waals surface area contributed by atoms with Crippen molar-refractivity contribution in [3.63, 3.8) is 0 Å². The van der Waals surface area contributed by atoms with Gasteiger partial charge in [-0.15, -0.1) is 0 Å². The molecule has 178 valence electrons. The zero-order valence-electron chi connectivity index (χ0n) is 18.0. The predicted molar refractivity (Wildman–Crippen MR) is 113 cm³/mol. The minimum absolute atomic E-state index is 0.0575. The van der Waals surface area contributed by atoms with Crippen molar-refractivity contribution >= 4 is 11.9 Å². The van der Waals surface area contributed by atoms with E-state index < -0.39 is 23.5 Å². The molecule has 0 radical (unpaired) electrons. The molecule has 1 aromatic heterocycles. The number of halogens is 6. The van der Waals surface area contributed by atoms with Crippen LogP contribution in [0.2, 0.25) is 0 Å². The van der Waals surface area contributed by atoms with Crippen LogP contribution in [0.3, 0.4) is 0 Å². The molecule has 1 aromatic carbocycles. The zero-order valence-corrected chi connectivity index (χ0v) is 18.0. The van der Waals surface area contributed by atoms with E-state index in [1.54, 1.807) is 12.2 Å². The molecule has 3 heterocycles. The maximum absolute atomic E-state index is 13.1. The molecular formula is C24H24F6N2O. The van der Waals surface area contributed by atoms with Crippen LogP contribution in [0.25, 0.3) is 6.08 Å². The lowest BCUT2D eigenvalue weighted by Gasteiger charge is -2.40. The number of benzene rings is 1. The Hall–Kier alpha value is -2.71. The van der Waals surface area contributed by atoms with Crippen molar-refractivity contribution in [1.29, 1.82) is 0 Å². The number of piperidine rings is 1. The van der Waals surface area contributed by atoms with Crippen LogP contribution in [-0.2, 0) is 12.4 Å². The van der Waals surface area contributed by atoms with Gasteiger partial charge in [0, 0.05) is 36.7 Å². The summed E-state index contributed by atoms with van der Waals surface area (Å²) in [4.78, 5) is 6.11. The molecule has 0 spiro atoms. The molecule has 2 aromatic rings. The van der Waals surface area contributed by atoms with Gasteiger partial charge in [0.2, 0.25) is 0 Å². The van der Waals surface area contributed by atoms with Gasteiger partial charge in [0.15, 0.2) is 0 Å². The van der Waals surface area contributed by atoms with Gasteiger partial charge in [-0.05, 0) is 49.6 Å². The highest BCUT2D eigenvalue weighted by molar-refractivity contribution is 5.59. The van der Waals surface area contributed by atoms with E-state index >= 15 is 0 Å². The van der Waals surface area contributed by atoms with E-state index in [9.17, 15) is 26.3 Å². The molecule has 2 aliphatic rings. The molecule has 2 bridgehead atoms. The Kier molecular flexibility index (Phi) is 6.33. The van der Waals surface area contributed by atoms with Crippen LogP contribution in [0.15, 0.2) is 42.6 Å². The predicted octanol–water partition coefficient (Wildman–Crippen LogP) is 7.12. The number of ether oxygens (including phenoxy) is 1. The Morgan fingerprint density at radius 2 is 1.61 bits per heavy atom. The third-order valence-electron chi connectivity index (χ3n) is 6.19. The average molecular weight is 470 g/mol. The molecule has 1 unspecified atom stereocenters. The third kappa shape index (κ3) is 5.12. The average Bonchev–Trinajstić information content (AvgIpc) is 3.02. The molecule has 2 aliphatic heterocycles. The SMILES string of the molecule is CC/C=C\c1cc(C(F)(F)F)ccc1OC1C[C@H]2CC[C@@H](C1)N2c1ccc(C(F)(F)F)cn1. The maximum atomic E-state index is 13.1. The quantitative estimate of drug-likeness (QED) is 0.435. The number of anilines is 1. The van der Waals surface area contributed by atoms with Gasteiger partial charge in [-0.25, -0.2) is 4.98 Å². The Balaban J connectivity index is 1.50. The summed E-state index contributed by atoms with van der Waals surface area (Å²) in [7, 11) is 0. The van der Waals surface area contributed by atoms with E-state index in [-0.39, 0.29) is 18.2 Å². The molecule has 4 rings (SSSR count). The number of aromatic nitrogens is 1. The summed E-state index contributed by atoms with van der Waals surface area (Å²) >= 11 is 0. The molecule has 0 amide bonds. The number of nitrogens with zero attached hydrogens (tertiary/aromatic N) is 2. The van der Waals surface area contributed by atoms with Crippen LogP contribution >= 0.6 is 0 Å². The highest BCUT2D eigenvalue weighted by Crippen LogP contribution is 2.41. The number of alkyl halides is 6. The lowest BCUT2D eigenvalue weighted by molar-refractivity contribution is -0.138. The van der Waals surface area contributed by atoms with Crippen molar-refractivity contribution in [1.82, 2.24) is 4.98 Å². The summed E-state index contributed by atoms with van der Waals surface area (Å²) < 4.78 is 84.2. The fourth-order valence-electron chi connectivity index (χ4n) is 4.69. The molecule has 2 fully saturated rings. The van der Waals surface area contributed by atoms with Crippen molar-refractivity contribution in [3.05, 3.63) is 59.3 Å². The number of rotatable bonds is 5. The summed E-state index contributed by atoms with van der Waals surface area (Å²) in [6.07, 6.45) is -1.14. The second kappa shape index (κ2) is 8.91. The van der Waals surface area contributed by atoms with Gasteiger partial charge in [-0.2, -0.15) is 26.3 Å². The standard InChI is InChI=1S/C24H24F6N2O/c1-2-3-4-15-11-16(23(25,26)27)5-9-21(15)33-20-12-18-7-8-19(13-20)32(18)22-10-6-17(14-31-22)24(28,29)30/h3-6,9-11,14,18-20H,2,7-8,12-13H2,1H3/b4-3-/t18-,19+,20?. The van der Waals surface area contributed by atoms with E-state index in [1.165, 1.54) is 12.1 Å². The lowest BCUT2D eigenvalue weighted by atomic mass is 9.99. The third-order valence-corrected chi connectivity index (χ3v) is 6.19. The van der Waals surface area contributed by atoms with Crippen LogP contribution in [-0.4, -0.2) is 23.2 Å². The van der Waals surface area contributed by atoms with Crippen molar-refractivity contribution in [2.45, 2.75) is 69.6 Å². The molecular weight excluding hydrogens is 446 g/mol. The number of fused-ring (bicyclic) bond motifs is 2. The summed E-state index contributed by atoms with van der Waals surface area (Å²) in [6.45, 7) is 1.90.